The van der Waals surface area contributed by atoms with Gasteiger partial charge in [0.1, 0.15) is 0 Å². The summed E-state index contributed by atoms with van der Waals surface area (Å²) in [6.45, 7) is 14.6. The fourth-order valence-electron chi connectivity index (χ4n) is 2.09. The number of hydrogen-bond acceptors (Lipinski definition) is 4. The van der Waals surface area contributed by atoms with Gasteiger partial charge in [0, 0.05) is 6.61 Å². The molecule has 0 aliphatic rings. The van der Waals surface area contributed by atoms with Crippen LogP contribution < -0.4 is 0 Å². The molecule has 116 valence electrons. The van der Waals surface area contributed by atoms with E-state index in [0.717, 1.165) is 13.0 Å². The second kappa shape index (κ2) is 8.06. The van der Waals surface area contributed by atoms with Crippen molar-refractivity contribution in [2.24, 2.45) is 0 Å². The molecular formula is C12H32O4Si3. The lowest BCUT2D eigenvalue weighted by Crippen LogP contribution is -2.53. The van der Waals surface area contributed by atoms with Crippen molar-refractivity contribution >= 4 is 25.7 Å². The fourth-order valence-corrected chi connectivity index (χ4v) is 13.1. The van der Waals surface area contributed by atoms with Crippen LogP contribution in [0, 0.1) is 0 Å². The van der Waals surface area contributed by atoms with Crippen LogP contribution in [0.25, 0.3) is 0 Å². The summed E-state index contributed by atoms with van der Waals surface area (Å²) in [6.07, 6.45) is 4.81. The molecular weight excluding hydrogens is 292 g/mol. The molecule has 0 atom stereocenters. The van der Waals surface area contributed by atoms with Gasteiger partial charge < -0.3 is 17.5 Å². The van der Waals surface area contributed by atoms with E-state index >= 15 is 0 Å². The van der Waals surface area contributed by atoms with E-state index in [1.807, 2.05) is 13.1 Å². The van der Waals surface area contributed by atoms with Crippen molar-refractivity contribution < 1.29 is 17.5 Å². The molecule has 0 aromatic heterocycles. The monoisotopic (exact) mass is 324 g/mol. The highest BCUT2D eigenvalue weighted by Gasteiger charge is 2.40. The molecule has 0 heterocycles. The Morgan fingerprint density at radius 2 is 1.37 bits per heavy atom. The molecule has 19 heavy (non-hydrogen) atoms. The molecule has 0 aliphatic carbocycles. The molecule has 0 aromatic rings. The van der Waals surface area contributed by atoms with Gasteiger partial charge in [0.15, 0.2) is 0 Å². The van der Waals surface area contributed by atoms with E-state index in [1.54, 1.807) is 13.1 Å². The standard InChI is InChI=1S/C12H32O4Si3/c1-8-9-10-11-12-14-18(4,5)16-19(6,7)15-17(2,3)13/h13H,8-12H2,1-7H3. The number of hydrogen-bond donors (Lipinski definition) is 1. The van der Waals surface area contributed by atoms with Gasteiger partial charge >= 0.3 is 25.7 Å². The van der Waals surface area contributed by atoms with Crippen molar-refractivity contribution in [2.45, 2.75) is 71.9 Å². The van der Waals surface area contributed by atoms with Gasteiger partial charge in [-0.25, -0.2) is 0 Å². The second-order valence-corrected chi connectivity index (χ2v) is 16.8. The lowest BCUT2D eigenvalue weighted by atomic mass is 10.2. The molecule has 1 N–H and O–H groups in total. The van der Waals surface area contributed by atoms with Crippen molar-refractivity contribution in [1.29, 1.82) is 0 Å². The van der Waals surface area contributed by atoms with Crippen molar-refractivity contribution in [1.82, 2.24) is 0 Å². The van der Waals surface area contributed by atoms with Crippen LogP contribution in [0.4, 0.5) is 0 Å². The zero-order chi connectivity index (χ0) is 15.2. The molecule has 0 unspecified atom stereocenters. The highest BCUT2D eigenvalue weighted by atomic mass is 28.5. The summed E-state index contributed by atoms with van der Waals surface area (Å²) in [4.78, 5) is 9.87. The van der Waals surface area contributed by atoms with Crippen LogP contribution in [0.15, 0.2) is 0 Å². The molecule has 0 amide bonds. The summed E-state index contributed by atoms with van der Waals surface area (Å²) in [5.41, 5.74) is 0. The maximum atomic E-state index is 9.87. The van der Waals surface area contributed by atoms with Crippen LogP contribution in [0.3, 0.4) is 0 Å². The Balaban J connectivity index is 4.12. The smallest absolute Gasteiger partial charge is 0.322 e. The van der Waals surface area contributed by atoms with Crippen LogP contribution in [0.2, 0.25) is 39.3 Å². The molecule has 0 bridgehead atoms. The van der Waals surface area contributed by atoms with E-state index in [9.17, 15) is 4.80 Å². The Morgan fingerprint density at radius 3 is 1.84 bits per heavy atom. The third-order valence-corrected chi connectivity index (χ3v) is 11.2. The molecule has 0 radical (unpaired) electrons. The lowest BCUT2D eigenvalue weighted by molar-refractivity contribution is 0.219. The Morgan fingerprint density at radius 1 is 0.789 bits per heavy atom. The average Bonchev–Trinajstić information content (AvgIpc) is 2.10. The van der Waals surface area contributed by atoms with Gasteiger partial charge in [-0.2, -0.15) is 0 Å². The largest absolute Gasteiger partial charge is 0.416 e. The molecule has 0 saturated heterocycles. The van der Waals surface area contributed by atoms with Crippen LogP contribution in [0.1, 0.15) is 32.6 Å². The molecule has 0 fully saturated rings. The Hall–Kier alpha value is 0.491. The minimum absolute atomic E-state index is 0.768. The van der Waals surface area contributed by atoms with Crippen molar-refractivity contribution in [3.05, 3.63) is 0 Å². The number of unbranched alkanes of at least 4 members (excludes halogenated alkanes) is 3. The zero-order valence-electron chi connectivity index (χ0n) is 13.7. The SMILES string of the molecule is CCCCCCO[Si](C)(C)O[Si](C)(C)O[Si](C)(C)O. The third-order valence-electron chi connectivity index (χ3n) is 2.43. The van der Waals surface area contributed by atoms with Crippen LogP contribution in [0.5, 0.6) is 0 Å². The predicted molar refractivity (Wildman–Crippen MR) is 86.9 cm³/mol. The molecule has 0 saturated carbocycles. The first kappa shape index (κ1) is 19.5. The summed E-state index contributed by atoms with van der Waals surface area (Å²) in [5.74, 6) is 0. The molecule has 0 rings (SSSR count). The van der Waals surface area contributed by atoms with E-state index in [-0.39, 0.29) is 0 Å². The van der Waals surface area contributed by atoms with Gasteiger partial charge in [-0.05, 0) is 45.7 Å². The van der Waals surface area contributed by atoms with Gasteiger partial charge in [-0.1, -0.05) is 26.2 Å². The van der Waals surface area contributed by atoms with Gasteiger partial charge in [-0.3, -0.25) is 0 Å². The Bertz CT molecular complexity index is 252. The molecule has 0 aliphatic heterocycles. The second-order valence-electron chi connectivity index (χ2n) is 6.36. The quantitative estimate of drug-likeness (QED) is 0.491. The molecule has 4 nitrogen and oxygen atoms in total. The lowest BCUT2D eigenvalue weighted by Gasteiger charge is -2.35. The molecule has 0 aromatic carbocycles. The highest BCUT2D eigenvalue weighted by Crippen LogP contribution is 2.20. The van der Waals surface area contributed by atoms with Gasteiger partial charge in [0.05, 0.1) is 0 Å². The highest BCUT2D eigenvalue weighted by molar-refractivity contribution is 6.84. The summed E-state index contributed by atoms with van der Waals surface area (Å²) in [7, 11) is -6.99. The van der Waals surface area contributed by atoms with E-state index in [0.29, 0.717) is 0 Å². The average molecular weight is 325 g/mol. The first-order valence-electron chi connectivity index (χ1n) is 7.24. The Labute approximate surface area is 122 Å². The Kier molecular flexibility index (Phi) is 8.27. The topological polar surface area (TPSA) is 47.9 Å². The summed E-state index contributed by atoms with van der Waals surface area (Å²) >= 11 is 0. The van der Waals surface area contributed by atoms with E-state index in [1.165, 1.54) is 19.3 Å². The normalized spacial score (nSPS) is 13.9. The summed E-state index contributed by atoms with van der Waals surface area (Å²) < 4.78 is 17.8. The van der Waals surface area contributed by atoms with E-state index in [4.69, 9.17) is 12.7 Å². The van der Waals surface area contributed by atoms with E-state index < -0.39 is 25.7 Å². The van der Waals surface area contributed by atoms with Crippen LogP contribution in [-0.4, -0.2) is 37.1 Å². The van der Waals surface area contributed by atoms with Gasteiger partial charge in [-0.15, -0.1) is 0 Å². The molecule has 7 heteroatoms. The minimum atomic E-state index is -2.54. The fraction of sp³-hybridized carbons (Fsp3) is 1.00. The van der Waals surface area contributed by atoms with Crippen LogP contribution in [-0.2, 0) is 12.7 Å². The number of rotatable bonds is 10. The first-order valence-corrected chi connectivity index (χ1v) is 15.7. The first-order chi connectivity index (χ1) is 8.47. The van der Waals surface area contributed by atoms with E-state index in [2.05, 4.69) is 20.0 Å². The zero-order valence-corrected chi connectivity index (χ0v) is 16.7. The van der Waals surface area contributed by atoms with Crippen molar-refractivity contribution in [2.75, 3.05) is 6.61 Å². The third kappa shape index (κ3) is 12.0. The predicted octanol–water partition coefficient (Wildman–Crippen LogP) is 3.71. The van der Waals surface area contributed by atoms with Crippen molar-refractivity contribution in [3.63, 3.8) is 0 Å². The maximum absolute atomic E-state index is 9.87. The minimum Gasteiger partial charge on any atom is -0.416 e. The van der Waals surface area contributed by atoms with Gasteiger partial charge in [0.25, 0.3) is 0 Å². The summed E-state index contributed by atoms with van der Waals surface area (Å²) in [6, 6.07) is 0. The van der Waals surface area contributed by atoms with Crippen molar-refractivity contribution in [3.8, 4) is 0 Å². The summed E-state index contributed by atoms with van der Waals surface area (Å²) in [5, 5.41) is 0. The molecule has 0 spiro atoms. The maximum Gasteiger partial charge on any atom is 0.322 e. The van der Waals surface area contributed by atoms with Gasteiger partial charge in [0.2, 0.25) is 0 Å². The van der Waals surface area contributed by atoms with Crippen LogP contribution >= 0.6 is 0 Å².